The van der Waals surface area contributed by atoms with Crippen LogP contribution in [0, 0.1) is 6.92 Å². The molecule has 0 saturated heterocycles. The van der Waals surface area contributed by atoms with E-state index >= 15 is 0 Å². The van der Waals surface area contributed by atoms with Crippen LogP contribution in [0.1, 0.15) is 34.5 Å². The van der Waals surface area contributed by atoms with Gasteiger partial charge in [-0.05, 0) is 43.7 Å². The Hall–Kier alpha value is -4.19. The standard InChI is InChI=1S/C27H25N3O3/c1-18-11-13-20(14-12-18)19(2)29-27(31)22-8-6-7-21(17-22)26-28-16-15-25(30-26)33-24-10-5-4-9-23(24)32-3/h4-17,19H,1-3H3,(H,29,31)/t19-/m1/s1. The third-order valence-electron chi connectivity index (χ3n) is 5.22. The molecule has 0 unspecified atom stereocenters. The highest BCUT2D eigenvalue weighted by Crippen LogP contribution is 2.30. The molecule has 1 atom stereocenters. The van der Waals surface area contributed by atoms with E-state index in [-0.39, 0.29) is 11.9 Å². The van der Waals surface area contributed by atoms with Crippen LogP contribution in [0.3, 0.4) is 0 Å². The molecule has 1 N–H and O–H groups in total. The lowest BCUT2D eigenvalue weighted by Gasteiger charge is -2.15. The number of rotatable bonds is 7. The molecule has 6 nitrogen and oxygen atoms in total. The summed E-state index contributed by atoms with van der Waals surface area (Å²) in [6.45, 7) is 4.01. The molecule has 3 aromatic carbocycles. The van der Waals surface area contributed by atoms with E-state index in [1.165, 1.54) is 5.56 Å². The Kier molecular flexibility index (Phi) is 6.64. The maximum atomic E-state index is 12.9. The normalized spacial score (nSPS) is 11.5. The zero-order chi connectivity index (χ0) is 23.2. The summed E-state index contributed by atoms with van der Waals surface area (Å²) >= 11 is 0. The number of methoxy groups -OCH3 is 1. The number of nitrogens with one attached hydrogen (secondary N) is 1. The third kappa shape index (κ3) is 5.36. The van der Waals surface area contributed by atoms with E-state index in [1.807, 2.05) is 68.4 Å². The van der Waals surface area contributed by atoms with Gasteiger partial charge in [0.15, 0.2) is 17.3 Å². The second-order valence-electron chi connectivity index (χ2n) is 7.66. The zero-order valence-corrected chi connectivity index (χ0v) is 18.8. The molecule has 1 amide bonds. The SMILES string of the molecule is COc1ccccc1Oc1ccnc(-c2cccc(C(=O)N[C@H](C)c3ccc(C)cc3)c2)n1. The summed E-state index contributed by atoms with van der Waals surface area (Å²) in [5.74, 6) is 1.85. The maximum Gasteiger partial charge on any atom is 0.251 e. The number of aryl methyl sites for hydroxylation is 1. The van der Waals surface area contributed by atoms with Gasteiger partial charge in [0.1, 0.15) is 0 Å². The van der Waals surface area contributed by atoms with Crippen molar-refractivity contribution >= 4 is 5.91 Å². The quantitative estimate of drug-likeness (QED) is 0.397. The third-order valence-corrected chi connectivity index (χ3v) is 5.22. The molecular weight excluding hydrogens is 414 g/mol. The van der Waals surface area contributed by atoms with Crippen molar-refractivity contribution in [1.82, 2.24) is 15.3 Å². The van der Waals surface area contributed by atoms with Gasteiger partial charge in [0.05, 0.1) is 13.2 Å². The summed E-state index contributed by atoms with van der Waals surface area (Å²) < 4.78 is 11.2. The van der Waals surface area contributed by atoms with Crippen molar-refractivity contribution in [3.63, 3.8) is 0 Å². The van der Waals surface area contributed by atoms with Gasteiger partial charge in [-0.25, -0.2) is 4.98 Å². The number of amides is 1. The van der Waals surface area contributed by atoms with E-state index in [4.69, 9.17) is 9.47 Å². The highest BCUT2D eigenvalue weighted by Gasteiger charge is 2.14. The Morgan fingerprint density at radius 2 is 1.70 bits per heavy atom. The molecule has 166 valence electrons. The summed E-state index contributed by atoms with van der Waals surface area (Å²) in [5, 5.41) is 3.05. The van der Waals surface area contributed by atoms with Crippen LogP contribution in [-0.4, -0.2) is 23.0 Å². The fourth-order valence-electron chi connectivity index (χ4n) is 3.37. The van der Waals surface area contributed by atoms with Crippen molar-refractivity contribution < 1.29 is 14.3 Å². The first-order valence-electron chi connectivity index (χ1n) is 10.7. The molecule has 1 aromatic heterocycles. The summed E-state index contributed by atoms with van der Waals surface area (Å²) in [6.07, 6.45) is 1.62. The van der Waals surface area contributed by atoms with Gasteiger partial charge in [0.2, 0.25) is 5.88 Å². The minimum absolute atomic E-state index is 0.115. The number of hydrogen-bond acceptors (Lipinski definition) is 5. The van der Waals surface area contributed by atoms with Gasteiger partial charge >= 0.3 is 0 Å². The average Bonchev–Trinajstić information content (AvgIpc) is 2.85. The van der Waals surface area contributed by atoms with E-state index in [9.17, 15) is 4.79 Å². The van der Waals surface area contributed by atoms with Crippen molar-refractivity contribution in [3.05, 3.63) is 102 Å². The smallest absolute Gasteiger partial charge is 0.251 e. The van der Waals surface area contributed by atoms with E-state index < -0.39 is 0 Å². The summed E-state index contributed by atoms with van der Waals surface area (Å²) in [7, 11) is 1.59. The van der Waals surface area contributed by atoms with Gasteiger partial charge in [0, 0.05) is 23.4 Å². The van der Waals surface area contributed by atoms with E-state index in [0.717, 1.165) is 11.1 Å². The second-order valence-corrected chi connectivity index (χ2v) is 7.66. The van der Waals surface area contributed by atoms with Crippen molar-refractivity contribution in [2.75, 3.05) is 7.11 Å². The molecule has 0 saturated carbocycles. The van der Waals surface area contributed by atoms with Gasteiger partial charge in [-0.15, -0.1) is 0 Å². The lowest BCUT2D eigenvalue weighted by Crippen LogP contribution is -2.26. The predicted octanol–water partition coefficient (Wildman–Crippen LogP) is 5.74. The first-order chi connectivity index (χ1) is 16.0. The van der Waals surface area contributed by atoms with Gasteiger partial charge in [-0.3, -0.25) is 4.79 Å². The summed E-state index contributed by atoms with van der Waals surface area (Å²) in [4.78, 5) is 21.7. The number of carbonyl (C=O) groups excluding carboxylic acids is 1. The van der Waals surface area contributed by atoms with Crippen LogP contribution >= 0.6 is 0 Å². The number of benzene rings is 3. The number of nitrogens with zero attached hydrogens (tertiary/aromatic N) is 2. The molecule has 0 aliphatic rings. The number of ether oxygens (including phenoxy) is 2. The summed E-state index contributed by atoms with van der Waals surface area (Å²) in [5.41, 5.74) is 3.48. The van der Waals surface area contributed by atoms with Gasteiger partial charge < -0.3 is 14.8 Å². The van der Waals surface area contributed by atoms with Crippen LogP contribution in [0.4, 0.5) is 0 Å². The molecular formula is C27H25N3O3. The van der Waals surface area contributed by atoms with Crippen LogP contribution < -0.4 is 14.8 Å². The van der Waals surface area contributed by atoms with Crippen LogP contribution in [0.15, 0.2) is 85.1 Å². The number of carbonyl (C=O) groups is 1. The molecule has 0 aliphatic heterocycles. The fourth-order valence-corrected chi connectivity index (χ4v) is 3.37. The van der Waals surface area contributed by atoms with Gasteiger partial charge in [-0.1, -0.05) is 54.1 Å². The van der Waals surface area contributed by atoms with E-state index in [0.29, 0.717) is 28.8 Å². The highest BCUT2D eigenvalue weighted by molar-refractivity contribution is 5.95. The minimum Gasteiger partial charge on any atom is -0.493 e. The average molecular weight is 440 g/mol. The van der Waals surface area contributed by atoms with Crippen LogP contribution in [0.5, 0.6) is 17.4 Å². The number of hydrogen-bond donors (Lipinski definition) is 1. The van der Waals surface area contributed by atoms with Crippen molar-refractivity contribution in [3.8, 4) is 28.8 Å². The van der Waals surface area contributed by atoms with E-state index in [1.54, 1.807) is 37.6 Å². The maximum absolute atomic E-state index is 12.9. The molecule has 4 aromatic rings. The van der Waals surface area contributed by atoms with Crippen molar-refractivity contribution in [1.29, 1.82) is 0 Å². The van der Waals surface area contributed by atoms with Crippen LogP contribution in [0.25, 0.3) is 11.4 Å². The van der Waals surface area contributed by atoms with Gasteiger partial charge in [-0.2, -0.15) is 4.98 Å². The molecule has 0 bridgehead atoms. The molecule has 33 heavy (non-hydrogen) atoms. The first kappa shape index (κ1) is 22.0. The van der Waals surface area contributed by atoms with Crippen LogP contribution in [-0.2, 0) is 0 Å². The monoisotopic (exact) mass is 439 g/mol. The van der Waals surface area contributed by atoms with Gasteiger partial charge in [0.25, 0.3) is 5.91 Å². The van der Waals surface area contributed by atoms with Crippen molar-refractivity contribution in [2.24, 2.45) is 0 Å². The number of para-hydroxylation sites is 2. The Morgan fingerprint density at radius 3 is 2.45 bits per heavy atom. The summed E-state index contributed by atoms with van der Waals surface area (Å²) in [6, 6.07) is 24.3. The first-order valence-corrected chi connectivity index (χ1v) is 10.7. The zero-order valence-electron chi connectivity index (χ0n) is 18.8. The molecule has 6 heteroatoms. The van der Waals surface area contributed by atoms with E-state index in [2.05, 4.69) is 15.3 Å². The lowest BCUT2D eigenvalue weighted by atomic mass is 10.1. The Morgan fingerprint density at radius 1 is 0.939 bits per heavy atom. The molecule has 0 radical (unpaired) electrons. The minimum atomic E-state index is -0.161. The Balaban J connectivity index is 1.52. The Bertz CT molecular complexity index is 1260. The fraction of sp³-hybridized carbons (Fsp3) is 0.148. The molecule has 0 aliphatic carbocycles. The van der Waals surface area contributed by atoms with Crippen LogP contribution in [0.2, 0.25) is 0 Å². The second kappa shape index (κ2) is 9.96. The lowest BCUT2D eigenvalue weighted by molar-refractivity contribution is 0.0940. The van der Waals surface area contributed by atoms with Crippen molar-refractivity contribution in [2.45, 2.75) is 19.9 Å². The predicted molar refractivity (Wildman–Crippen MR) is 128 cm³/mol. The largest absolute Gasteiger partial charge is 0.493 e. The molecule has 0 spiro atoms. The topological polar surface area (TPSA) is 73.3 Å². The molecule has 4 rings (SSSR count). The Labute approximate surface area is 193 Å². The highest BCUT2D eigenvalue weighted by atomic mass is 16.5. The molecule has 1 heterocycles. The number of aromatic nitrogens is 2. The molecule has 0 fully saturated rings.